The molecule has 0 saturated heterocycles. The molecule has 2 rings (SSSR count). The Hall–Kier alpha value is -2.83. The van der Waals surface area contributed by atoms with Gasteiger partial charge in [-0.3, -0.25) is 0 Å². The van der Waals surface area contributed by atoms with Crippen LogP contribution in [0.15, 0.2) is 42.5 Å². The van der Waals surface area contributed by atoms with Gasteiger partial charge in [0.05, 0.1) is 19.7 Å². The maximum atomic E-state index is 13.3. The Kier molecular flexibility index (Phi) is 6.77. The van der Waals surface area contributed by atoms with Crippen molar-refractivity contribution in [1.82, 2.24) is 10.2 Å². The van der Waals surface area contributed by atoms with Gasteiger partial charge >= 0.3 is 6.03 Å². The number of carbonyl (C=O) groups excluding carboxylic acids is 1. The molecular formula is C19H22F2N2O3. The standard InChI is InChI=1S/C19H22F2N2O3/c1-13(14-4-9-17(20)18(21)12-14)22-19(24)23(2)10-11-26-16-7-5-15(25-3)6-8-16/h4-9,12-13H,10-11H2,1-3H3,(H,22,24). The summed E-state index contributed by atoms with van der Waals surface area (Å²) >= 11 is 0. The highest BCUT2D eigenvalue weighted by Crippen LogP contribution is 2.17. The van der Waals surface area contributed by atoms with Gasteiger partial charge in [-0.25, -0.2) is 13.6 Å². The van der Waals surface area contributed by atoms with Gasteiger partial charge in [0.15, 0.2) is 11.6 Å². The first kappa shape index (κ1) is 19.5. The maximum absolute atomic E-state index is 13.3. The number of nitrogens with zero attached hydrogens (tertiary/aromatic N) is 1. The molecule has 0 heterocycles. The molecule has 0 aliphatic heterocycles. The third-order valence-corrected chi connectivity index (χ3v) is 3.89. The summed E-state index contributed by atoms with van der Waals surface area (Å²) in [6.07, 6.45) is 0. The molecule has 0 radical (unpaired) electrons. The molecule has 2 amide bonds. The van der Waals surface area contributed by atoms with E-state index in [1.165, 1.54) is 11.0 Å². The Bertz CT molecular complexity index is 738. The highest BCUT2D eigenvalue weighted by atomic mass is 19.2. The van der Waals surface area contributed by atoms with Crippen molar-refractivity contribution in [3.63, 3.8) is 0 Å². The molecule has 2 aromatic rings. The van der Waals surface area contributed by atoms with Gasteiger partial charge in [-0.05, 0) is 48.9 Å². The van der Waals surface area contributed by atoms with Crippen molar-refractivity contribution in [2.24, 2.45) is 0 Å². The molecule has 1 atom stereocenters. The SMILES string of the molecule is COc1ccc(OCCN(C)C(=O)NC(C)c2ccc(F)c(F)c2)cc1. The lowest BCUT2D eigenvalue weighted by atomic mass is 10.1. The molecule has 0 fully saturated rings. The average molecular weight is 364 g/mol. The highest BCUT2D eigenvalue weighted by molar-refractivity contribution is 5.74. The number of hydrogen-bond acceptors (Lipinski definition) is 3. The van der Waals surface area contributed by atoms with Gasteiger partial charge in [0.1, 0.15) is 18.1 Å². The zero-order valence-corrected chi connectivity index (χ0v) is 15.0. The molecule has 26 heavy (non-hydrogen) atoms. The van der Waals surface area contributed by atoms with Gasteiger partial charge in [0.2, 0.25) is 0 Å². The van der Waals surface area contributed by atoms with Gasteiger partial charge < -0.3 is 19.7 Å². The van der Waals surface area contributed by atoms with E-state index in [-0.39, 0.29) is 6.03 Å². The van der Waals surface area contributed by atoms with Crippen LogP contribution in [0.5, 0.6) is 11.5 Å². The van der Waals surface area contributed by atoms with E-state index in [1.807, 2.05) is 0 Å². The minimum Gasteiger partial charge on any atom is -0.497 e. The number of nitrogens with one attached hydrogen (secondary N) is 1. The second-order valence-electron chi connectivity index (χ2n) is 5.79. The second-order valence-corrected chi connectivity index (χ2v) is 5.79. The largest absolute Gasteiger partial charge is 0.497 e. The quantitative estimate of drug-likeness (QED) is 0.814. The summed E-state index contributed by atoms with van der Waals surface area (Å²) in [6, 6.07) is 9.91. The van der Waals surface area contributed by atoms with E-state index in [1.54, 1.807) is 45.3 Å². The van der Waals surface area contributed by atoms with Crippen LogP contribution >= 0.6 is 0 Å². The Morgan fingerprint density at radius 1 is 1.12 bits per heavy atom. The van der Waals surface area contributed by atoms with Gasteiger partial charge in [-0.1, -0.05) is 6.07 Å². The molecule has 0 bridgehead atoms. The zero-order valence-electron chi connectivity index (χ0n) is 15.0. The summed E-state index contributed by atoms with van der Waals surface area (Å²) < 4.78 is 36.9. The molecule has 1 unspecified atom stereocenters. The summed E-state index contributed by atoms with van der Waals surface area (Å²) in [7, 11) is 3.22. The van der Waals surface area contributed by atoms with Crippen LogP contribution in [-0.4, -0.2) is 38.2 Å². The molecule has 140 valence electrons. The zero-order chi connectivity index (χ0) is 19.1. The van der Waals surface area contributed by atoms with E-state index in [0.717, 1.165) is 17.9 Å². The minimum absolute atomic E-state index is 0.315. The first-order chi connectivity index (χ1) is 12.4. The third kappa shape index (κ3) is 5.34. The number of hydrogen-bond donors (Lipinski definition) is 1. The fraction of sp³-hybridized carbons (Fsp3) is 0.316. The van der Waals surface area contributed by atoms with Crippen LogP contribution in [0.2, 0.25) is 0 Å². The van der Waals surface area contributed by atoms with Crippen molar-refractivity contribution in [1.29, 1.82) is 0 Å². The summed E-state index contributed by atoms with van der Waals surface area (Å²) in [5.74, 6) is -0.445. The molecule has 5 nitrogen and oxygen atoms in total. The van der Waals surface area contributed by atoms with Crippen LogP contribution in [0, 0.1) is 11.6 Å². The number of ether oxygens (including phenoxy) is 2. The Morgan fingerprint density at radius 3 is 2.38 bits per heavy atom. The molecule has 2 aromatic carbocycles. The highest BCUT2D eigenvalue weighted by Gasteiger charge is 2.15. The van der Waals surface area contributed by atoms with Crippen LogP contribution in [0.25, 0.3) is 0 Å². The number of methoxy groups -OCH3 is 1. The second kappa shape index (κ2) is 9.03. The maximum Gasteiger partial charge on any atom is 0.317 e. The summed E-state index contributed by atoms with van der Waals surface area (Å²) in [5, 5.41) is 2.73. The Morgan fingerprint density at radius 2 is 1.77 bits per heavy atom. The topological polar surface area (TPSA) is 50.8 Å². The van der Waals surface area contributed by atoms with Crippen molar-refractivity contribution >= 4 is 6.03 Å². The molecule has 0 saturated carbocycles. The lowest BCUT2D eigenvalue weighted by Gasteiger charge is -2.22. The first-order valence-corrected chi connectivity index (χ1v) is 8.14. The van der Waals surface area contributed by atoms with E-state index >= 15 is 0 Å². The Labute approximate surface area is 151 Å². The van der Waals surface area contributed by atoms with E-state index in [0.29, 0.717) is 24.5 Å². The molecule has 0 spiro atoms. The molecule has 1 N–H and O–H groups in total. The lowest BCUT2D eigenvalue weighted by Crippen LogP contribution is -2.40. The lowest BCUT2D eigenvalue weighted by molar-refractivity contribution is 0.192. The Balaban J connectivity index is 1.79. The van der Waals surface area contributed by atoms with Crippen LogP contribution < -0.4 is 14.8 Å². The number of likely N-dealkylation sites (N-methyl/N-ethyl adjacent to an activating group) is 1. The predicted molar refractivity (Wildman–Crippen MR) is 94.4 cm³/mol. The number of carbonyl (C=O) groups is 1. The molecule has 0 aliphatic carbocycles. The van der Waals surface area contributed by atoms with E-state index in [9.17, 15) is 13.6 Å². The van der Waals surface area contributed by atoms with Crippen molar-refractivity contribution in [2.75, 3.05) is 27.3 Å². The fourth-order valence-electron chi connectivity index (χ4n) is 2.23. The van der Waals surface area contributed by atoms with Crippen molar-refractivity contribution in [2.45, 2.75) is 13.0 Å². The average Bonchev–Trinajstić information content (AvgIpc) is 2.64. The monoisotopic (exact) mass is 364 g/mol. The van der Waals surface area contributed by atoms with E-state index in [4.69, 9.17) is 9.47 Å². The number of benzene rings is 2. The predicted octanol–water partition coefficient (Wildman–Crippen LogP) is 3.75. The van der Waals surface area contributed by atoms with Crippen LogP contribution in [0.3, 0.4) is 0 Å². The van der Waals surface area contributed by atoms with E-state index < -0.39 is 17.7 Å². The van der Waals surface area contributed by atoms with Gasteiger partial charge in [0.25, 0.3) is 0 Å². The van der Waals surface area contributed by atoms with Crippen LogP contribution in [0.1, 0.15) is 18.5 Å². The normalized spacial score (nSPS) is 11.6. The third-order valence-electron chi connectivity index (χ3n) is 3.89. The number of halogens is 2. The molecule has 0 aromatic heterocycles. The van der Waals surface area contributed by atoms with Crippen molar-refractivity contribution in [3.8, 4) is 11.5 Å². The molecule has 7 heteroatoms. The van der Waals surface area contributed by atoms with Crippen LogP contribution in [0.4, 0.5) is 13.6 Å². The number of amides is 2. The number of rotatable bonds is 7. The molecule has 0 aliphatic rings. The fourth-order valence-corrected chi connectivity index (χ4v) is 2.23. The van der Waals surface area contributed by atoms with Crippen molar-refractivity contribution < 1.29 is 23.0 Å². The van der Waals surface area contributed by atoms with Gasteiger partial charge in [-0.2, -0.15) is 0 Å². The first-order valence-electron chi connectivity index (χ1n) is 8.14. The molecular weight excluding hydrogens is 342 g/mol. The smallest absolute Gasteiger partial charge is 0.317 e. The van der Waals surface area contributed by atoms with Crippen LogP contribution in [-0.2, 0) is 0 Å². The summed E-state index contributed by atoms with van der Waals surface area (Å²) in [5.41, 5.74) is 0.486. The van der Waals surface area contributed by atoms with Crippen molar-refractivity contribution in [3.05, 3.63) is 59.7 Å². The number of urea groups is 1. The van der Waals surface area contributed by atoms with Gasteiger partial charge in [0, 0.05) is 7.05 Å². The van der Waals surface area contributed by atoms with Gasteiger partial charge in [-0.15, -0.1) is 0 Å². The minimum atomic E-state index is -0.940. The van der Waals surface area contributed by atoms with E-state index in [2.05, 4.69) is 5.32 Å². The summed E-state index contributed by atoms with van der Waals surface area (Å²) in [4.78, 5) is 13.6. The summed E-state index contributed by atoms with van der Waals surface area (Å²) in [6.45, 7) is 2.38.